The number of nitrogens with zero attached hydrogens (tertiary/aromatic N) is 3. The Balaban J connectivity index is 1.26. The molecule has 0 fully saturated rings. The number of hydrogen-bond donors (Lipinski definition) is 0. The van der Waals surface area contributed by atoms with Crippen molar-refractivity contribution in [2.45, 2.75) is 0 Å². The summed E-state index contributed by atoms with van der Waals surface area (Å²) in [6.45, 7) is 0. The first-order valence-corrected chi connectivity index (χ1v) is 16.2. The molecular formula is C43H23N3O3. The van der Waals surface area contributed by atoms with Crippen LogP contribution in [0.3, 0.4) is 0 Å². The number of rotatable bonds is 3. The average Bonchev–Trinajstić information content (AvgIpc) is 3.87. The number of furan rings is 3. The van der Waals surface area contributed by atoms with Crippen LogP contribution in [0.2, 0.25) is 0 Å². The second kappa shape index (κ2) is 9.86. The van der Waals surface area contributed by atoms with E-state index in [1.54, 1.807) is 0 Å². The van der Waals surface area contributed by atoms with E-state index in [0.29, 0.717) is 17.5 Å². The van der Waals surface area contributed by atoms with Crippen LogP contribution in [-0.4, -0.2) is 15.0 Å². The molecule has 6 nitrogen and oxygen atoms in total. The van der Waals surface area contributed by atoms with Crippen LogP contribution in [0.5, 0.6) is 0 Å². The summed E-state index contributed by atoms with van der Waals surface area (Å²) in [6.07, 6.45) is 0. The molecule has 6 heteroatoms. The number of benzene rings is 7. The van der Waals surface area contributed by atoms with Gasteiger partial charge in [-0.2, -0.15) is 0 Å². The predicted octanol–water partition coefficient (Wildman–Crippen LogP) is 11.7. The van der Waals surface area contributed by atoms with Gasteiger partial charge in [0.25, 0.3) is 0 Å². The van der Waals surface area contributed by atoms with E-state index in [2.05, 4.69) is 42.5 Å². The largest absolute Gasteiger partial charge is 0.455 e. The molecule has 0 radical (unpaired) electrons. The minimum absolute atomic E-state index is 0.534. The van der Waals surface area contributed by atoms with E-state index < -0.39 is 0 Å². The number of fused-ring (bicyclic) bond motifs is 13. The van der Waals surface area contributed by atoms with Gasteiger partial charge in [-0.05, 0) is 29.7 Å². The average molecular weight is 630 g/mol. The van der Waals surface area contributed by atoms with Gasteiger partial charge in [0, 0.05) is 43.4 Å². The summed E-state index contributed by atoms with van der Waals surface area (Å²) in [5, 5.41) is 8.06. The third-order valence-corrected chi connectivity index (χ3v) is 9.53. The van der Waals surface area contributed by atoms with E-state index in [1.807, 2.05) is 97.1 Å². The zero-order valence-corrected chi connectivity index (χ0v) is 25.8. The molecule has 0 N–H and O–H groups in total. The SMILES string of the molecule is c1ccc(-c2nc(-c3cccc4c3oc3ccccc34)nc(-c3cccc4oc5c6c7ccccc7oc6c6ccccc6c5c34)n2)cc1. The molecule has 49 heavy (non-hydrogen) atoms. The highest BCUT2D eigenvalue weighted by atomic mass is 16.3. The summed E-state index contributed by atoms with van der Waals surface area (Å²) in [5.41, 5.74) is 7.29. The maximum Gasteiger partial charge on any atom is 0.167 e. The van der Waals surface area contributed by atoms with Gasteiger partial charge in [-0.1, -0.05) is 115 Å². The van der Waals surface area contributed by atoms with E-state index in [0.717, 1.165) is 93.3 Å². The lowest BCUT2D eigenvalue weighted by atomic mass is 9.97. The van der Waals surface area contributed by atoms with Gasteiger partial charge >= 0.3 is 0 Å². The number of hydrogen-bond acceptors (Lipinski definition) is 6. The molecule has 7 aromatic carbocycles. The van der Waals surface area contributed by atoms with Crippen molar-refractivity contribution in [3.63, 3.8) is 0 Å². The van der Waals surface area contributed by atoms with Crippen molar-refractivity contribution in [1.29, 1.82) is 0 Å². The Kier molecular flexibility index (Phi) is 5.29. The first-order valence-electron chi connectivity index (χ1n) is 16.2. The quantitative estimate of drug-likeness (QED) is 0.193. The van der Waals surface area contributed by atoms with E-state index in [4.69, 9.17) is 28.2 Å². The van der Waals surface area contributed by atoms with Crippen LogP contribution in [0.1, 0.15) is 0 Å². The lowest BCUT2D eigenvalue weighted by Gasteiger charge is -2.10. The van der Waals surface area contributed by atoms with Crippen molar-refractivity contribution < 1.29 is 13.3 Å². The molecule has 11 rings (SSSR count). The van der Waals surface area contributed by atoms with Crippen LogP contribution in [0.25, 0.3) is 111 Å². The van der Waals surface area contributed by atoms with E-state index >= 15 is 0 Å². The van der Waals surface area contributed by atoms with Gasteiger partial charge in [-0.25, -0.2) is 15.0 Å². The first kappa shape index (κ1) is 26.3. The van der Waals surface area contributed by atoms with Crippen LogP contribution >= 0.6 is 0 Å². The van der Waals surface area contributed by atoms with Crippen molar-refractivity contribution in [2.24, 2.45) is 0 Å². The van der Waals surface area contributed by atoms with E-state index in [1.165, 1.54) is 0 Å². The molecular weight excluding hydrogens is 606 g/mol. The normalized spacial score (nSPS) is 12.1. The fraction of sp³-hybridized carbons (Fsp3) is 0. The molecule has 0 saturated heterocycles. The van der Waals surface area contributed by atoms with Gasteiger partial charge in [0.2, 0.25) is 0 Å². The summed E-state index contributed by atoms with van der Waals surface area (Å²) in [4.78, 5) is 15.4. The zero-order chi connectivity index (χ0) is 32.1. The summed E-state index contributed by atoms with van der Waals surface area (Å²) in [5.74, 6) is 1.66. The predicted molar refractivity (Wildman–Crippen MR) is 195 cm³/mol. The Labute approximate surface area is 277 Å². The first-order chi connectivity index (χ1) is 24.3. The number of aromatic nitrogens is 3. The van der Waals surface area contributed by atoms with Gasteiger partial charge in [0.05, 0.1) is 10.9 Å². The molecule has 0 aliphatic heterocycles. The van der Waals surface area contributed by atoms with Crippen LogP contribution in [0.4, 0.5) is 0 Å². The van der Waals surface area contributed by atoms with Crippen molar-refractivity contribution in [3.8, 4) is 34.2 Å². The molecule has 0 bridgehead atoms. The molecule has 0 unspecified atom stereocenters. The molecule has 0 aliphatic carbocycles. The molecule has 11 aromatic rings. The lowest BCUT2D eigenvalue weighted by Crippen LogP contribution is -2.00. The Morgan fingerprint density at radius 3 is 1.67 bits per heavy atom. The summed E-state index contributed by atoms with van der Waals surface area (Å²) in [6, 6.07) is 46.8. The van der Waals surface area contributed by atoms with Crippen LogP contribution in [0, 0.1) is 0 Å². The molecule has 0 amide bonds. The van der Waals surface area contributed by atoms with Crippen molar-refractivity contribution >= 4 is 76.6 Å². The molecule has 4 aromatic heterocycles. The monoisotopic (exact) mass is 629 g/mol. The van der Waals surface area contributed by atoms with Crippen molar-refractivity contribution in [2.75, 3.05) is 0 Å². The summed E-state index contributed by atoms with van der Waals surface area (Å²) >= 11 is 0. The molecule has 0 saturated carbocycles. The van der Waals surface area contributed by atoms with Crippen LogP contribution in [-0.2, 0) is 0 Å². The molecule has 0 atom stereocenters. The van der Waals surface area contributed by atoms with E-state index in [9.17, 15) is 0 Å². The Hall–Kier alpha value is -6.79. The fourth-order valence-corrected chi connectivity index (χ4v) is 7.38. The smallest absolute Gasteiger partial charge is 0.167 e. The molecule has 0 aliphatic rings. The van der Waals surface area contributed by atoms with Gasteiger partial charge in [-0.15, -0.1) is 0 Å². The number of para-hydroxylation sites is 3. The highest BCUT2D eigenvalue weighted by molar-refractivity contribution is 6.34. The highest BCUT2D eigenvalue weighted by Crippen LogP contribution is 2.47. The third kappa shape index (κ3) is 3.74. The summed E-state index contributed by atoms with van der Waals surface area (Å²) < 4.78 is 19.7. The third-order valence-electron chi connectivity index (χ3n) is 9.53. The summed E-state index contributed by atoms with van der Waals surface area (Å²) in [7, 11) is 0. The maximum absolute atomic E-state index is 6.78. The Morgan fingerprint density at radius 1 is 0.306 bits per heavy atom. The molecule has 0 spiro atoms. The fourth-order valence-electron chi connectivity index (χ4n) is 7.38. The molecule has 4 heterocycles. The topological polar surface area (TPSA) is 78.1 Å². The highest BCUT2D eigenvalue weighted by Gasteiger charge is 2.24. The second-order valence-corrected chi connectivity index (χ2v) is 12.3. The standard InChI is InChI=1S/C43H23N3O3/c1-2-12-24(13-3-1)41-44-42(46-43(45-41)31-20-10-18-27-25-14-6-8-21-32(25)47-38(27)31)30-19-11-23-34-35(30)36-26-15-4-5-16-28(26)39-37(40(36)49-34)29-17-7-9-22-33(29)48-39/h1-23H. The minimum atomic E-state index is 0.534. The minimum Gasteiger partial charge on any atom is -0.455 e. The van der Waals surface area contributed by atoms with Gasteiger partial charge in [0.15, 0.2) is 17.5 Å². The maximum atomic E-state index is 6.78. The van der Waals surface area contributed by atoms with Crippen LogP contribution < -0.4 is 0 Å². The van der Waals surface area contributed by atoms with E-state index in [-0.39, 0.29) is 0 Å². The lowest BCUT2D eigenvalue weighted by molar-refractivity contribution is 0.665. The van der Waals surface area contributed by atoms with Gasteiger partial charge < -0.3 is 13.3 Å². The zero-order valence-electron chi connectivity index (χ0n) is 25.8. The Bertz CT molecular complexity index is 3120. The second-order valence-electron chi connectivity index (χ2n) is 12.3. The van der Waals surface area contributed by atoms with Crippen molar-refractivity contribution in [3.05, 3.63) is 140 Å². The molecule has 228 valence electrons. The Morgan fingerprint density at radius 2 is 0.837 bits per heavy atom. The van der Waals surface area contributed by atoms with Crippen LogP contribution in [0.15, 0.2) is 153 Å². The van der Waals surface area contributed by atoms with Crippen molar-refractivity contribution in [1.82, 2.24) is 15.0 Å². The van der Waals surface area contributed by atoms with Gasteiger partial charge in [0.1, 0.15) is 33.5 Å². The van der Waals surface area contributed by atoms with Gasteiger partial charge in [-0.3, -0.25) is 0 Å².